The quantitative estimate of drug-likeness (QED) is 0.812. The van der Waals surface area contributed by atoms with Crippen molar-refractivity contribution in [1.82, 2.24) is 19.7 Å². The first-order chi connectivity index (χ1) is 7.18. The van der Waals surface area contributed by atoms with Crippen LogP contribution in [-0.4, -0.2) is 23.4 Å². The second-order valence-corrected chi connectivity index (χ2v) is 5.17. The third kappa shape index (κ3) is 2.41. The van der Waals surface area contributed by atoms with Gasteiger partial charge >= 0.3 is 0 Å². The number of rotatable bonds is 4. The molecule has 2 N–H and O–H groups in total. The van der Waals surface area contributed by atoms with Crippen LogP contribution in [0.15, 0.2) is 28.4 Å². The molecule has 15 heavy (non-hydrogen) atoms. The van der Waals surface area contributed by atoms with Crippen LogP contribution in [0.25, 0.3) is 0 Å². The third-order valence-electron chi connectivity index (χ3n) is 1.69. The van der Waals surface area contributed by atoms with Crippen LogP contribution in [0, 0.1) is 0 Å². The number of nitrogens with zero attached hydrogens (tertiary/aromatic N) is 2. The predicted octanol–water partition coefficient (Wildman–Crippen LogP) is 0.345. The highest BCUT2D eigenvalue weighted by molar-refractivity contribution is 7.89. The lowest BCUT2D eigenvalue weighted by Crippen LogP contribution is -2.23. The summed E-state index contributed by atoms with van der Waals surface area (Å²) in [6, 6.07) is 0. The van der Waals surface area contributed by atoms with Crippen molar-refractivity contribution in [2.75, 3.05) is 0 Å². The maximum absolute atomic E-state index is 11.6. The van der Waals surface area contributed by atoms with E-state index in [2.05, 4.69) is 19.7 Å². The van der Waals surface area contributed by atoms with Crippen molar-refractivity contribution in [2.45, 2.75) is 11.6 Å². The Hall–Kier alpha value is -1.25. The molecule has 0 saturated heterocycles. The smallest absolute Gasteiger partial charge is 0.257 e. The van der Waals surface area contributed by atoms with Crippen LogP contribution in [0.3, 0.4) is 0 Å². The third-order valence-corrected chi connectivity index (χ3v) is 3.65. The van der Waals surface area contributed by atoms with Gasteiger partial charge in [0.15, 0.2) is 5.03 Å². The van der Waals surface area contributed by atoms with Gasteiger partial charge in [-0.15, -0.1) is 11.3 Å². The second-order valence-electron chi connectivity index (χ2n) is 2.72. The monoisotopic (exact) mass is 244 g/mol. The summed E-state index contributed by atoms with van der Waals surface area (Å²) in [5.41, 5.74) is 2.35. The molecule has 0 aliphatic heterocycles. The summed E-state index contributed by atoms with van der Waals surface area (Å²) in [4.78, 5) is 10.1. The maximum Gasteiger partial charge on any atom is 0.257 e. The van der Waals surface area contributed by atoms with Crippen LogP contribution in [0.4, 0.5) is 0 Å². The van der Waals surface area contributed by atoms with Crippen LogP contribution in [0.5, 0.6) is 0 Å². The molecule has 0 saturated carbocycles. The van der Waals surface area contributed by atoms with Gasteiger partial charge in [0, 0.05) is 5.38 Å². The zero-order chi connectivity index (χ0) is 10.7. The molecule has 6 nitrogen and oxygen atoms in total. The SMILES string of the molecule is O=S(=O)(NCc1cscn1)c1cnc[nH]1. The minimum Gasteiger partial charge on any atom is -0.335 e. The fourth-order valence-electron chi connectivity index (χ4n) is 0.962. The number of nitrogens with one attached hydrogen (secondary N) is 2. The molecule has 0 spiro atoms. The van der Waals surface area contributed by atoms with Crippen molar-refractivity contribution in [3.8, 4) is 0 Å². The van der Waals surface area contributed by atoms with Crippen molar-refractivity contribution in [1.29, 1.82) is 0 Å². The van der Waals surface area contributed by atoms with Gasteiger partial charge in [0.05, 0.1) is 30.3 Å². The number of hydrogen-bond acceptors (Lipinski definition) is 5. The molecule has 0 atom stereocenters. The van der Waals surface area contributed by atoms with Gasteiger partial charge in [0.25, 0.3) is 10.0 Å². The average Bonchev–Trinajstić information content (AvgIpc) is 2.88. The van der Waals surface area contributed by atoms with Gasteiger partial charge in [-0.05, 0) is 0 Å². The van der Waals surface area contributed by atoms with Crippen LogP contribution in [0.2, 0.25) is 0 Å². The van der Waals surface area contributed by atoms with E-state index >= 15 is 0 Å². The van der Waals surface area contributed by atoms with Gasteiger partial charge in [0.1, 0.15) is 0 Å². The van der Waals surface area contributed by atoms with E-state index in [9.17, 15) is 8.42 Å². The molecule has 0 aliphatic carbocycles. The van der Waals surface area contributed by atoms with E-state index in [-0.39, 0.29) is 11.6 Å². The summed E-state index contributed by atoms with van der Waals surface area (Å²) in [6.45, 7) is 0.185. The van der Waals surface area contributed by atoms with Crippen LogP contribution in [0.1, 0.15) is 5.69 Å². The van der Waals surface area contributed by atoms with Gasteiger partial charge in [-0.25, -0.2) is 23.1 Å². The Morgan fingerprint density at radius 2 is 2.40 bits per heavy atom. The summed E-state index contributed by atoms with van der Waals surface area (Å²) in [5.74, 6) is 0. The largest absolute Gasteiger partial charge is 0.335 e. The maximum atomic E-state index is 11.6. The van der Waals surface area contributed by atoms with Gasteiger partial charge in [0.2, 0.25) is 0 Å². The molecule has 0 unspecified atom stereocenters. The van der Waals surface area contributed by atoms with Crippen molar-refractivity contribution < 1.29 is 8.42 Å². The summed E-state index contributed by atoms with van der Waals surface area (Å²) < 4.78 is 25.6. The van der Waals surface area contributed by atoms with E-state index in [1.807, 2.05) is 0 Å². The molecule has 0 radical (unpaired) electrons. The van der Waals surface area contributed by atoms with E-state index in [1.165, 1.54) is 23.9 Å². The lowest BCUT2D eigenvalue weighted by atomic mass is 10.5. The molecule has 0 fully saturated rings. The van der Waals surface area contributed by atoms with Crippen LogP contribution in [-0.2, 0) is 16.6 Å². The fraction of sp³-hybridized carbons (Fsp3) is 0.143. The Kier molecular flexibility index (Phi) is 2.80. The lowest BCUT2D eigenvalue weighted by molar-refractivity contribution is 0.577. The highest BCUT2D eigenvalue weighted by Crippen LogP contribution is 2.05. The molecular weight excluding hydrogens is 236 g/mol. The minimum absolute atomic E-state index is 0.0535. The zero-order valence-electron chi connectivity index (χ0n) is 7.54. The number of thiazole rings is 1. The normalized spacial score (nSPS) is 11.7. The molecule has 8 heteroatoms. The first kappa shape index (κ1) is 10.3. The molecule has 2 rings (SSSR count). The Morgan fingerprint density at radius 3 is 3.00 bits per heavy atom. The molecule has 2 aromatic heterocycles. The van der Waals surface area contributed by atoms with Crippen LogP contribution < -0.4 is 4.72 Å². The van der Waals surface area contributed by atoms with Gasteiger partial charge in [-0.2, -0.15) is 0 Å². The Bertz CT molecular complexity index is 503. The number of aromatic nitrogens is 3. The number of H-pyrrole nitrogens is 1. The van der Waals surface area contributed by atoms with Crippen LogP contribution >= 0.6 is 11.3 Å². The van der Waals surface area contributed by atoms with Gasteiger partial charge in [-0.1, -0.05) is 0 Å². The molecular formula is C7H8N4O2S2. The van der Waals surface area contributed by atoms with E-state index in [4.69, 9.17) is 0 Å². The topological polar surface area (TPSA) is 87.7 Å². The Labute approximate surface area is 90.5 Å². The molecule has 80 valence electrons. The standard InChI is InChI=1S/C7H8N4O2S2/c12-15(13,7-2-8-4-9-7)11-1-6-3-14-5-10-6/h2-5,11H,1H2,(H,8,9). The summed E-state index contributed by atoms with van der Waals surface area (Å²) in [5, 5.41) is 1.84. The van der Waals surface area contributed by atoms with E-state index in [0.29, 0.717) is 5.69 Å². The first-order valence-electron chi connectivity index (χ1n) is 4.03. The van der Waals surface area contributed by atoms with E-state index < -0.39 is 10.0 Å². The predicted molar refractivity (Wildman–Crippen MR) is 54.7 cm³/mol. The highest BCUT2D eigenvalue weighted by Gasteiger charge is 2.14. The van der Waals surface area contributed by atoms with Crippen molar-refractivity contribution in [3.63, 3.8) is 0 Å². The molecule has 0 bridgehead atoms. The number of aromatic amines is 1. The number of hydrogen-bond donors (Lipinski definition) is 2. The lowest BCUT2D eigenvalue weighted by Gasteiger charge is -2.01. The minimum atomic E-state index is -3.50. The summed E-state index contributed by atoms with van der Waals surface area (Å²) >= 11 is 1.42. The summed E-state index contributed by atoms with van der Waals surface area (Å²) in [7, 11) is -3.50. The number of imidazole rings is 1. The molecule has 0 amide bonds. The number of sulfonamides is 1. The molecule has 2 heterocycles. The summed E-state index contributed by atoms with van der Waals surface area (Å²) in [6.07, 6.45) is 2.57. The van der Waals surface area contributed by atoms with Crippen molar-refractivity contribution >= 4 is 21.4 Å². The van der Waals surface area contributed by atoms with Crippen molar-refractivity contribution in [2.24, 2.45) is 0 Å². The van der Waals surface area contributed by atoms with E-state index in [1.54, 1.807) is 10.9 Å². The second kappa shape index (κ2) is 4.09. The zero-order valence-corrected chi connectivity index (χ0v) is 9.18. The molecule has 0 aliphatic rings. The fourth-order valence-corrected chi connectivity index (χ4v) is 2.42. The molecule has 0 aromatic carbocycles. The van der Waals surface area contributed by atoms with E-state index in [0.717, 1.165) is 0 Å². The van der Waals surface area contributed by atoms with Gasteiger partial charge in [-0.3, -0.25) is 0 Å². The Morgan fingerprint density at radius 1 is 1.53 bits per heavy atom. The highest BCUT2D eigenvalue weighted by atomic mass is 32.2. The van der Waals surface area contributed by atoms with Gasteiger partial charge < -0.3 is 4.98 Å². The van der Waals surface area contributed by atoms with Crippen molar-refractivity contribution in [3.05, 3.63) is 29.1 Å². The molecule has 2 aromatic rings. The average molecular weight is 244 g/mol. The Balaban J connectivity index is 2.06. The first-order valence-corrected chi connectivity index (χ1v) is 6.46.